The average molecular weight is 327 g/mol. The number of aromatic nitrogens is 5. The van der Waals surface area contributed by atoms with Crippen LogP contribution < -0.4 is 9.47 Å². The van der Waals surface area contributed by atoms with Crippen LogP contribution in [0.5, 0.6) is 11.5 Å². The predicted octanol–water partition coefficient (Wildman–Crippen LogP) is 2.54. The summed E-state index contributed by atoms with van der Waals surface area (Å²) in [6.07, 6.45) is 0. The maximum absolute atomic E-state index is 5.41. The van der Waals surface area contributed by atoms with Crippen LogP contribution in [0.25, 0.3) is 27.1 Å². The Labute approximate surface area is 133 Å². The van der Waals surface area contributed by atoms with Crippen LogP contribution in [-0.2, 0) is 0 Å². The van der Waals surface area contributed by atoms with E-state index in [1.807, 2.05) is 25.1 Å². The summed E-state index contributed by atoms with van der Waals surface area (Å²) in [7, 11) is 0. The molecule has 0 spiro atoms. The number of aryl methyl sites for hydroxylation is 1. The molecule has 1 aromatic carbocycles. The Morgan fingerprint density at radius 3 is 2.91 bits per heavy atom. The van der Waals surface area contributed by atoms with Gasteiger partial charge in [-0.1, -0.05) is 16.5 Å². The van der Waals surface area contributed by atoms with Gasteiger partial charge in [0.15, 0.2) is 17.2 Å². The molecule has 0 aliphatic carbocycles. The van der Waals surface area contributed by atoms with E-state index >= 15 is 0 Å². The number of fused-ring (bicyclic) bond motifs is 2. The van der Waals surface area contributed by atoms with Crippen LogP contribution >= 0.6 is 11.3 Å². The summed E-state index contributed by atoms with van der Waals surface area (Å²) in [5, 5.41) is 17.6. The van der Waals surface area contributed by atoms with Gasteiger partial charge in [0, 0.05) is 11.6 Å². The number of ether oxygens (including phenoxy) is 2. The zero-order valence-corrected chi connectivity index (χ0v) is 12.7. The van der Waals surface area contributed by atoms with Gasteiger partial charge in [0.05, 0.1) is 0 Å². The maximum Gasteiger partial charge on any atom is 0.235 e. The topological polar surface area (TPSA) is 87.6 Å². The molecule has 9 heteroatoms. The van der Waals surface area contributed by atoms with Crippen molar-refractivity contribution in [3.05, 3.63) is 30.0 Å². The van der Waals surface area contributed by atoms with Crippen LogP contribution in [0.1, 0.15) is 5.76 Å². The molecule has 1 aliphatic rings. The van der Waals surface area contributed by atoms with Crippen molar-refractivity contribution in [2.24, 2.45) is 0 Å². The highest BCUT2D eigenvalue weighted by molar-refractivity contribution is 7.19. The van der Waals surface area contributed by atoms with Crippen LogP contribution in [0.2, 0.25) is 0 Å². The molecule has 0 unspecified atom stereocenters. The van der Waals surface area contributed by atoms with E-state index in [1.165, 1.54) is 11.3 Å². The molecule has 4 aromatic rings. The van der Waals surface area contributed by atoms with Gasteiger partial charge in [-0.05, 0) is 25.1 Å². The fourth-order valence-electron chi connectivity index (χ4n) is 2.39. The van der Waals surface area contributed by atoms with Gasteiger partial charge >= 0.3 is 0 Å². The van der Waals surface area contributed by atoms with E-state index in [0.717, 1.165) is 22.1 Å². The van der Waals surface area contributed by atoms with Gasteiger partial charge in [0.25, 0.3) is 0 Å². The van der Waals surface area contributed by atoms with Crippen molar-refractivity contribution in [2.45, 2.75) is 6.92 Å². The van der Waals surface area contributed by atoms with E-state index in [2.05, 4.69) is 20.5 Å². The molecule has 0 amide bonds. The smallest absolute Gasteiger partial charge is 0.235 e. The summed E-state index contributed by atoms with van der Waals surface area (Å²) in [6, 6.07) is 7.53. The Morgan fingerprint density at radius 2 is 2.04 bits per heavy atom. The summed E-state index contributed by atoms with van der Waals surface area (Å²) in [5.74, 6) is 2.74. The first-order chi connectivity index (χ1) is 11.3. The summed E-state index contributed by atoms with van der Waals surface area (Å²) in [6.45, 7) is 2.08. The fourth-order valence-corrected chi connectivity index (χ4v) is 3.23. The highest BCUT2D eigenvalue weighted by Crippen LogP contribution is 2.37. The van der Waals surface area contributed by atoms with Crippen LogP contribution in [0.4, 0.5) is 0 Å². The Balaban J connectivity index is 1.62. The number of benzene rings is 1. The molecule has 4 heterocycles. The van der Waals surface area contributed by atoms with Gasteiger partial charge in [-0.15, -0.1) is 10.2 Å². The lowest BCUT2D eigenvalue weighted by molar-refractivity contribution is 0.174. The minimum atomic E-state index is 0.250. The van der Waals surface area contributed by atoms with Gasteiger partial charge in [-0.25, -0.2) is 0 Å². The van der Waals surface area contributed by atoms with Crippen molar-refractivity contribution in [3.8, 4) is 33.6 Å². The van der Waals surface area contributed by atoms with E-state index in [1.54, 1.807) is 10.6 Å². The monoisotopic (exact) mass is 327 g/mol. The fraction of sp³-hybridized carbons (Fsp3) is 0.143. The molecule has 0 bridgehead atoms. The SMILES string of the molecule is Cc1cc(-c2nnc3sc(-c4ccc5c(c4)OCO5)nn23)no1. The molecule has 1 aliphatic heterocycles. The Morgan fingerprint density at radius 1 is 1.13 bits per heavy atom. The predicted molar refractivity (Wildman–Crippen MR) is 80.5 cm³/mol. The molecule has 0 atom stereocenters. The molecule has 0 N–H and O–H groups in total. The highest BCUT2D eigenvalue weighted by Gasteiger charge is 2.19. The Kier molecular flexibility index (Phi) is 2.48. The van der Waals surface area contributed by atoms with E-state index in [-0.39, 0.29) is 6.79 Å². The highest BCUT2D eigenvalue weighted by atomic mass is 32.1. The second-order valence-electron chi connectivity index (χ2n) is 5.02. The van der Waals surface area contributed by atoms with Crippen LogP contribution in [0.15, 0.2) is 28.8 Å². The standard InChI is InChI=1S/C14H9N5O3S/c1-7-4-9(18-22-7)12-15-16-14-19(12)17-13(23-14)8-2-3-10-11(5-8)21-6-20-10/h2-5H,6H2,1H3. The van der Waals surface area contributed by atoms with E-state index < -0.39 is 0 Å². The number of rotatable bonds is 2. The lowest BCUT2D eigenvalue weighted by Crippen LogP contribution is -1.92. The van der Waals surface area contributed by atoms with E-state index in [0.29, 0.717) is 22.2 Å². The second-order valence-corrected chi connectivity index (χ2v) is 5.97. The third kappa shape index (κ3) is 1.90. The van der Waals surface area contributed by atoms with Gasteiger partial charge in [-0.3, -0.25) is 0 Å². The Hall–Kier alpha value is -2.94. The largest absolute Gasteiger partial charge is 0.454 e. The molecule has 5 rings (SSSR count). The van der Waals surface area contributed by atoms with Gasteiger partial charge < -0.3 is 14.0 Å². The summed E-state index contributed by atoms with van der Waals surface area (Å²) in [4.78, 5) is 0.688. The van der Waals surface area contributed by atoms with Crippen LogP contribution in [0.3, 0.4) is 0 Å². The average Bonchev–Trinajstić information content (AvgIpc) is 3.29. The lowest BCUT2D eigenvalue weighted by Gasteiger charge is -1.98. The van der Waals surface area contributed by atoms with Crippen molar-refractivity contribution < 1.29 is 14.0 Å². The molecular formula is C14H9N5O3S. The molecule has 3 aromatic heterocycles. The van der Waals surface area contributed by atoms with Gasteiger partial charge in [-0.2, -0.15) is 9.61 Å². The zero-order chi connectivity index (χ0) is 15.4. The van der Waals surface area contributed by atoms with Crippen molar-refractivity contribution in [1.29, 1.82) is 0 Å². The summed E-state index contributed by atoms with van der Waals surface area (Å²) in [5.41, 5.74) is 1.55. The molecule has 23 heavy (non-hydrogen) atoms. The molecule has 0 radical (unpaired) electrons. The molecule has 0 saturated carbocycles. The van der Waals surface area contributed by atoms with E-state index in [9.17, 15) is 0 Å². The van der Waals surface area contributed by atoms with Crippen molar-refractivity contribution in [3.63, 3.8) is 0 Å². The number of nitrogens with zero attached hydrogens (tertiary/aromatic N) is 5. The van der Waals surface area contributed by atoms with Gasteiger partial charge in [0.2, 0.25) is 17.6 Å². The first-order valence-electron chi connectivity index (χ1n) is 6.84. The van der Waals surface area contributed by atoms with Crippen molar-refractivity contribution in [1.82, 2.24) is 25.0 Å². The first kappa shape index (κ1) is 12.6. The lowest BCUT2D eigenvalue weighted by atomic mass is 10.2. The van der Waals surface area contributed by atoms with E-state index in [4.69, 9.17) is 14.0 Å². The minimum absolute atomic E-state index is 0.250. The quantitative estimate of drug-likeness (QED) is 0.559. The van der Waals surface area contributed by atoms with Crippen molar-refractivity contribution >= 4 is 16.3 Å². The van der Waals surface area contributed by atoms with Crippen LogP contribution in [0, 0.1) is 6.92 Å². The molecule has 114 valence electrons. The molecule has 0 saturated heterocycles. The summed E-state index contributed by atoms with van der Waals surface area (Å²) >= 11 is 1.44. The molecule has 8 nitrogen and oxygen atoms in total. The summed E-state index contributed by atoms with van der Waals surface area (Å²) < 4.78 is 17.5. The van der Waals surface area contributed by atoms with Crippen molar-refractivity contribution in [2.75, 3.05) is 6.79 Å². The third-order valence-electron chi connectivity index (χ3n) is 3.47. The van der Waals surface area contributed by atoms with Gasteiger partial charge in [0.1, 0.15) is 10.8 Å². The number of hydrogen-bond donors (Lipinski definition) is 0. The number of hydrogen-bond acceptors (Lipinski definition) is 8. The Bertz CT molecular complexity index is 1030. The van der Waals surface area contributed by atoms with Crippen LogP contribution in [-0.4, -0.2) is 31.8 Å². The zero-order valence-electron chi connectivity index (χ0n) is 11.9. The third-order valence-corrected chi connectivity index (χ3v) is 4.42. The maximum atomic E-state index is 5.41. The minimum Gasteiger partial charge on any atom is -0.454 e. The second kappa shape index (κ2) is 4.53. The molecular weight excluding hydrogens is 318 g/mol. The first-order valence-corrected chi connectivity index (χ1v) is 7.65. The normalized spacial score (nSPS) is 13.1. The molecule has 0 fully saturated rings.